The molecule has 0 aliphatic rings. The van der Waals surface area contributed by atoms with Crippen molar-refractivity contribution < 1.29 is 9.47 Å². The Hall–Kier alpha value is -2.48. The highest BCUT2D eigenvalue weighted by Gasteiger charge is 2.14. The van der Waals surface area contributed by atoms with Gasteiger partial charge >= 0.3 is 0 Å². The Bertz CT molecular complexity index is 1230. The number of nitrogens with one attached hydrogen (secondary N) is 1. The monoisotopic (exact) mass is 520 g/mol. The molecule has 2 aromatic carbocycles. The molecule has 2 aromatic heterocycles. The Morgan fingerprint density at radius 3 is 2.55 bits per heavy atom. The Morgan fingerprint density at radius 2 is 1.84 bits per heavy atom. The molecule has 0 spiro atoms. The van der Waals surface area contributed by atoms with Gasteiger partial charge in [0.05, 0.1) is 30.6 Å². The molecule has 2 heterocycles. The molecule has 0 radical (unpaired) electrons. The highest BCUT2D eigenvalue weighted by molar-refractivity contribution is 9.10. The summed E-state index contributed by atoms with van der Waals surface area (Å²) in [6.45, 7) is 0.524. The van der Waals surface area contributed by atoms with Crippen LogP contribution in [0.1, 0.15) is 16.8 Å². The molecule has 0 atom stereocenters. The van der Waals surface area contributed by atoms with Crippen molar-refractivity contribution >= 4 is 50.6 Å². The maximum Gasteiger partial charge on any atom is 0.171 e. The quantitative estimate of drug-likeness (QED) is 0.322. The van der Waals surface area contributed by atoms with Crippen LogP contribution in [0.3, 0.4) is 0 Å². The summed E-state index contributed by atoms with van der Waals surface area (Å²) in [5, 5.41) is 9.08. The first-order chi connectivity index (χ1) is 15.0. The second-order valence-corrected chi connectivity index (χ2v) is 8.44. The van der Waals surface area contributed by atoms with Gasteiger partial charge in [0, 0.05) is 40.7 Å². The number of ether oxygens (including phenoxy) is 2. The minimum Gasteiger partial charge on any atom is -0.497 e. The number of benzene rings is 2. The van der Waals surface area contributed by atoms with Gasteiger partial charge in [-0.25, -0.2) is 4.98 Å². The molecule has 1 N–H and O–H groups in total. The highest BCUT2D eigenvalue weighted by Crippen LogP contribution is 2.29. The van der Waals surface area contributed by atoms with Crippen LogP contribution in [0.4, 0.5) is 5.82 Å². The van der Waals surface area contributed by atoms with Gasteiger partial charge in [-0.2, -0.15) is 9.61 Å². The Balaban J connectivity index is 1.68. The van der Waals surface area contributed by atoms with Crippen LogP contribution in [-0.2, 0) is 13.0 Å². The summed E-state index contributed by atoms with van der Waals surface area (Å²) in [5.41, 5.74) is 3.33. The molecule has 0 fully saturated rings. The lowest BCUT2D eigenvalue weighted by molar-refractivity contribution is 0.391. The lowest BCUT2D eigenvalue weighted by atomic mass is 10.1. The van der Waals surface area contributed by atoms with Gasteiger partial charge in [-0.1, -0.05) is 29.3 Å². The summed E-state index contributed by atoms with van der Waals surface area (Å²) in [5.74, 6) is 2.26. The van der Waals surface area contributed by atoms with E-state index in [2.05, 4.69) is 26.3 Å². The van der Waals surface area contributed by atoms with E-state index >= 15 is 0 Å². The Morgan fingerprint density at radius 1 is 1.06 bits per heavy atom. The van der Waals surface area contributed by atoms with E-state index in [0.717, 1.165) is 38.6 Å². The van der Waals surface area contributed by atoms with E-state index < -0.39 is 0 Å². The van der Waals surface area contributed by atoms with Crippen LogP contribution < -0.4 is 14.8 Å². The lowest BCUT2D eigenvalue weighted by Crippen LogP contribution is -2.09. The number of methoxy groups -OCH3 is 2. The van der Waals surface area contributed by atoms with Gasteiger partial charge in [0.25, 0.3) is 0 Å². The second kappa shape index (κ2) is 9.34. The average Bonchev–Trinajstić information content (AvgIpc) is 3.15. The van der Waals surface area contributed by atoms with E-state index in [1.54, 1.807) is 24.9 Å². The fourth-order valence-corrected chi connectivity index (χ4v) is 4.15. The van der Waals surface area contributed by atoms with Gasteiger partial charge in [-0.3, -0.25) is 0 Å². The molecule has 0 unspecified atom stereocenters. The summed E-state index contributed by atoms with van der Waals surface area (Å²) >= 11 is 16.3. The highest BCUT2D eigenvalue weighted by atomic mass is 79.9. The molecule has 0 saturated carbocycles. The SMILES string of the molecule is COc1ccc(CNc2cc(Cc3c(Cl)cccc3Cl)nc3c(Br)cnn23)c(OC)c1. The van der Waals surface area contributed by atoms with Crippen molar-refractivity contribution in [2.45, 2.75) is 13.0 Å². The predicted octanol–water partition coefficient (Wildman–Crippen LogP) is 6.02. The molecule has 9 heteroatoms. The van der Waals surface area contributed by atoms with Gasteiger partial charge in [0.1, 0.15) is 17.3 Å². The third-order valence-electron chi connectivity index (χ3n) is 4.86. The largest absolute Gasteiger partial charge is 0.497 e. The van der Waals surface area contributed by atoms with Crippen LogP contribution in [0.5, 0.6) is 11.5 Å². The number of fused-ring (bicyclic) bond motifs is 1. The van der Waals surface area contributed by atoms with Crippen molar-refractivity contribution in [2.75, 3.05) is 19.5 Å². The van der Waals surface area contributed by atoms with E-state index in [4.69, 9.17) is 37.7 Å². The molecular formula is C22H19BrCl2N4O2. The van der Waals surface area contributed by atoms with Gasteiger partial charge in [-0.15, -0.1) is 0 Å². The predicted molar refractivity (Wildman–Crippen MR) is 127 cm³/mol. The van der Waals surface area contributed by atoms with Crippen molar-refractivity contribution in [3.8, 4) is 11.5 Å². The molecule has 0 aliphatic heterocycles. The molecular weight excluding hydrogens is 503 g/mol. The Kier molecular flexibility index (Phi) is 6.55. The van der Waals surface area contributed by atoms with Crippen molar-refractivity contribution in [2.24, 2.45) is 0 Å². The van der Waals surface area contributed by atoms with Crippen LogP contribution in [0.15, 0.2) is 53.1 Å². The van der Waals surface area contributed by atoms with Crippen molar-refractivity contribution in [1.82, 2.24) is 14.6 Å². The van der Waals surface area contributed by atoms with Crippen molar-refractivity contribution in [3.05, 3.63) is 80.0 Å². The molecule has 0 saturated heterocycles. The van der Waals surface area contributed by atoms with E-state index in [1.165, 1.54) is 0 Å². The van der Waals surface area contributed by atoms with Crippen LogP contribution >= 0.6 is 39.1 Å². The first-order valence-electron chi connectivity index (χ1n) is 9.41. The molecule has 0 aliphatic carbocycles. The number of aromatic nitrogens is 3. The molecule has 31 heavy (non-hydrogen) atoms. The minimum absolute atomic E-state index is 0.493. The standard InChI is InChI=1S/C22H19BrCl2N4O2/c1-30-15-7-6-13(20(10-15)31-2)11-26-21-9-14(28-22-17(23)12-27-29(21)22)8-16-18(24)4-3-5-19(16)25/h3-7,9-10,12,26H,8,11H2,1-2H3. The molecule has 6 nitrogen and oxygen atoms in total. The van der Waals surface area contributed by atoms with Crippen molar-refractivity contribution in [1.29, 1.82) is 0 Å². The lowest BCUT2D eigenvalue weighted by Gasteiger charge is -2.14. The third kappa shape index (κ3) is 4.59. The van der Waals surface area contributed by atoms with E-state index in [-0.39, 0.29) is 0 Å². The zero-order valence-corrected chi connectivity index (χ0v) is 19.9. The van der Waals surface area contributed by atoms with E-state index in [9.17, 15) is 0 Å². The molecule has 4 aromatic rings. The molecule has 0 bridgehead atoms. The normalized spacial score (nSPS) is 11.0. The van der Waals surface area contributed by atoms with Gasteiger partial charge in [-0.05, 0) is 45.8 Å². The van der Waals surface area contributed by atoms with Crippen LogP contribution in [-0.4, -0.2) is 28.8 Å². The summed E-state index contributed by atoms with van der Waals surface area (Å²) in [6.07, 6.45) is 2.21. The zero-order valence-electron chi connectivity index (χ0n) is 16.8. The first kappa shape index (κ1) is 21.7. The fourth-order valence-electron chi connectivity index (χ4n) is 3.27. The van der Waals surface area contributed by atoms with Gasteiger partial charge in [0.2, 0.25) is 0 Å². The summed E-state index contributed by atoms with van der Waals surface area (Å²) in [7, 11) is 3.27. The number of nitrogens with zero attached hydrogens (tertiary/aromatic N) is 3. The van der Waals surface area contributed by atoms with E-state index in [1.807, 2.05) is 42.5 Å². The van der Waals surface area contributed by atoms with Crippen LogP contribution in [0.2, 0.25) is 10.0 Å². The number of anilines is 1. The first-order valence-corrected chi connectivity index (χ1v) is 11.0. The van der Waals surface area contributed by atoms with Crippen LogP contribution in [0, 0.1) is 0 Å². The average molecular weight is 522 g/mol. The zero-order chi connectivity index (χ0) is 22.0. The summed E-state index contributed by atoms with van der Waals surface area (Å²) in [4.78, 5) is 4.74. The smallest absolute Gasteiger partial charge is 0.171 e. The molecule has 4 rings (SSSR count). The maximum atomic E-state index is 6.37. The minimum atomic E-state index is 0.493. The van der Waals surface area contributed by atoms with Crippen LogP contribution in [0.25, 0.3) is 5.65 Å². The third-order valence-corrected chi connectivity index (χ3v) is 6.12. The maximum absolute atomic E-state index is 6.37. The number of hydrogen-bond donors (Lipinski definition) is 1. The van der Waals surface area contributed by atoms with E-state index in [0.29, 0.717) is 28.7 Å². The number of halogens is 3. The number of rotatable bonds is 7. The van der Waals surface area contributed by atoms with Crippen molar-refractivity contribution in [3.63, 3.8) is 0 Å². The molecule has 0 amide bonds. The molecule has 160 valence electrons. The number of hydrogen-bond acceptors (Lipinski definition) is 5. The topological polar surface area (TPSA) is 60.7 Å². The fraction of sp³-hybridized carbons (Fsp3) is 0.182. The van der Waals surface area contributed by atoms with Gasteiger partial charge in [0.15, 0.2) is 5.65 Å². The summed E-state index contributed by atoms with van der Waals surface area (Å²) < 4.78 is 13.3. The second-order valence-electron chi connectivity index (χ2n) is 6.77. The Labute approximate surface area is 198 Å². The van der Waals surface area contributed by atoms with Gasteiger partial charge < -0.3 is 14.8 Å². The summed E-state index contributed by atoms with van der Waals surface area (Å²) in [6, 6.07) is 13.1.